The quantitative estimate of drug-likeness (QED) is 0.782. The maximum Gasteiger partial charge on any atom is 0.257 e. The van der Waals surface area contributed by atoms with Crippen molar-refractivity contribution in [1.82, 2.24) is 15.8 Å². The number of thiocarbonyl (C=S) groups is 1. The minimum atomic E-state index is -0.384. The first kappa shape index (κ1) is 13.9. The van der Waals surface area contributed by atoms with Crippen LogP contribution in [0.3, 0.4) is 0 Å². The van der Waals surface area contributed by atoms with E-state index in [0.717, 1.165) is 0 Å². The third kappa shape index (κ3) is 4.23. The molecule has 1 aliphatic heterocycles. The van der Waals surface area contributed by atoms with E-state index in [-0.39, 0.29) is 16.8 Å². The van der Waals surface area contributed by atoms with Crippen molar-refractivity contribution in [2.24, 2.45) is 0 Å². The van der Waals surface area contributed by atoms with Gasteiger partial charge in [-0.3, -0.25) is 15.5 Å². The summed E-state index contributed by atoms with van der Waals surface area (Å²) in [5, 5.41) is 4.63. The second kappa shape index (κ2) is 6.55. The fourth-order valence-corrected chi connectivity index (χ4v) is 1.85. The molecule has 1 amide bonds. The molecule has 0 aromatic heterocycles. The molecule has 2 N–H and O–H groups in total. The molecule has 1 aliphatic rings. The average Bonchev–Trinajstić information content (AvgIpc) is 2.40. The smallest absolute Gasteiger partial charge is 0.257 e. The highest BCUT2D eigenvalue weighted by Gasteiger charge is 2.13. The Morgan fingerprint density at radius 2 is 1.89 bits per heavy atom. The van der Waals surface area contributed by atoms with Crippen molar-refractivity contribution in [2.75, 3.05) is 26.3 Å². The van der Waals surface area contributed by atoms with Crippen LogP contribution in [0.15, 0.2) is 24.3 Å². The molecule has 1 fully saturated rings. The zero-order valence-electron chi connectivity index (χ0n) is 10.2. The first-order chi connectivity index (χ1) is 9.15. The van der Waals surface area contributed by atoms with E-state index >= 15 is 0 Å². The molecule has 1 aromatic rings. The van der Waals surface area contributed by atoms with E-state index < -0.39 is 0 Å². The molecular formula is C12H14FN3O2S. The SMILES string of the molecule is O=C(NC(=S)NN1CCOCC1)c1ccc(F)cc1. The predicted molar refractivity (Wildman–Crippen MR) is 72.0 cm³/mol. The molecule has 5 nitrogen and oxygen atoms in total. The zero-order valence-corrected chi connectivity index (χ0v) is 11.0. The van der Waals surface area contributed by atoms with Gasteiger partial charge in [0.25, 0.3) is 5.91 Å². The topological polar surface area (TPSA) is 53.6 Å². The van der Waals surface area contributed by atoms with Crippen molar-refractivity contribution in [2.45, 2.75) is 0 Å². The van der Waals surface area contributed by atoms with Gasteiger partial charge < -0.3 is 4.74 Å². The van der Waals surface area contributed by atoms with Gasteiger partial charge in [0.2, 0.25) is 0 Å². The van der Waals surface area contributed by atoms with Crippen molar-refractivity contribution < 1.29 is 13.9 Å². The van der Waals surface area contributed by atoms with Gasteiger partial charge in [0, 0.05) is 18.7 Å². The monoisotopic (exact) mass is 283 g/mol. The van der Waals surface area contributed by atoms with Crippen molar-refractivity contribution in [3.8, 4) is 0 Å². The van der Waals surface area contributed by atoms with Crippen LogP contribution >= 0.6 is 12.2 Å². The van der Waals surface area contributed by atoms with Crippen molar-refractivity contribution in [1.29, 1.82) is 0 Å². The first-order valence-electron chi connectivity index (χ1n) is 5.85. The van der Waals surface area contributed by atoms with Crippen LogP contribution in [0.1, 0.15) is 10.4 Å². The lowest BCUT2D eigenvalue weighted by molar-refractivity contribution is 0.0247. The number of ether oxygens (including phenoxy) is 1. The number of amides is 1. The molecular weight excluding hydrogens is 269 g/mol. The van der Waals surface area contributed by atoms with Gasteiger partial charge in [0.05, 0.1) is 13.2 Å². The number of hydrogen-bond acceptors (Lipinski definition) is 4. The molecule has 0 unspecified atom stereocenters. The number of hydrazine groups is 1. The Bertz CT molecular complexity index is 461. The third-order valence-corrected chi connectivity index (χ3v) is 2.80. The van der Waals surface area contributed by atoms with Crippen LogP contribution in [0, 0.1) is 5.82 Å². The summed E-state index contributed by atoms with van der Waals surface area (Å²) in [4.78, 5) is 11.8. The standard InChI is InChI=1S/C12H14FN3O2S/c13-10-3-1-9(2-4-10)11(17)14-12(19)15-16-5-7-18-8-6-16/h1-4H,5-8H2,(H2,14,15,17,19). The van der Waals surface area contributed by atoms with Gasteiger partial charge in [0.1, 0.15) is 5.82 Å². The molecule has 1 aromatic carbocycles. The highest BCUT2D eigenvalue weighted by molar-refractivity contribution is 7.80. The summed E-state index contributed by atoms with van der Waals surface area (Å²) in [7, 11) is 0. The third-order valence-electron chi connectivity index (χ3n) is 2.60. The maximum atomic E-state index is 12.7. The molecule has 0 atom stereocenters. The number of nitrogens with one attached hydrogen (secondary N) is 2. The van der Waals surface area contributed by atoms with E-state index in [9.17, 15) is 9.18 Å². The maximum absolute atomic E-state index is 12.7. The molecule has 2 rings (SSSR count). The van der Waals surface area contributed by atoms with E-state index in [2.05, 4.69) is 10.7 Å². The van der Waals surface area contributed by atoms with E-state index in [1.807, 2.05) is 5.01 Å². The van der Waals surface area contributed by atoms with Gasteiger partial charge in [-0.1, -0.05) is 0 Å². The Hall–Kier alpha value is -1.57. The van der Waals surface area contributed by atoms with Crippen molar-refractivity contribution in [3.63, 3.8) is 0 Å². The van der Waals surface area contributed by atoms with Gasteiger partial charge in [-0.2, -0.15) is 0 Å². The molecule has 19 heavy (non-hydrogen) atoms. The van der Waals surface area contributed by atoms with Gasteiger partial charge in [-0.15, -0.1) is 0 Å². The number of halogens is 1. The average molecular weight is 283 g/mol. The molecule has 7 heteroatoms. The number of nitrogens with zero attached hydrogens (tertiary/aromatic N) is 1. The second-order valence-corrected chi connectivity index (χ2v) is 4.41. The Morgan fingerprint density at radius 1 is 1.26 bits per heavy atom. The summed E-state index contributed by atoms with van der Waals surface area (Å²) in [6.45, 7) is 2.65. The van der Waals surface area contributed by atoms with Crippen LogP contribution in [-0.4, -0.2) is 42.3 Å². The van der Waals surface area contributed by atoms with Gasteiger partial charge in [-0.05, 0) is 36.5 Å². The minimum absolute atomic E-state index is 0.219. The largest absolute Gasteiger partial charge is 0.379 e. The summed E-state index contributed by atoms with van der Waals surface area (Å²) in [6, 6.07) is 5.27. The van der Waals surface area contributed by atoms with Crippen LogP contribution in [0.25, 0.3) is 0 Å². The lowest BCUT2D eigenvalue weighted by Gasteiger charge is -2.27. The number of benzene rings is 1. The predicted octanol–water partition coefficient (Wildman–Crippen LogP) is 0.677. The Morgan fingerprint density at radius 3 is 2.53 bits per heavy atom. The van der Waals surface area contributed by atoms with Crippen LogP contribution in [0.2, 0.25) is 0 Å². The normalized spacial score (nSPS) is 15.8. The van der Waals surface area contributed by atoms with Gasteiger partial charge in [0.15, 0.2) is 5.11 Å². The van der Waals surface area contributed by atoms with Crippen LogP contribution in [0.4, 0.5) is 4.39 Å². The highest BCUT2D eigenvalue weighted by atomic mass is 32.1. The molecule has 0 spiro atoms. The van der Waals surface area contributed by atoms with Crippen LogP contribution < -0.4 is 10.7 Å². The minimum Gasteiger partial charge on any atom is -0.379 e. The lowest BCUT2D eigenvalue weighted by atomic mass is 10.2. The first-order valence-corrected chi connectivity index (χ1v) is 6.26. The summed E-state index contributed by atoms with van der Waals surface area (Å²) in [5.41, 5.74) is 3.26. The number of rotatable bonds is 2. The van der Waals surface area contributed by atoms with Gasteiger partial charge in [-0.25, -0.2) is 9.40 Å². The van der Waals surface area contributed by atoms with Crippen molar-refractivity contribution >= 4 is 23.2 Å². The van der Waals surface area contributed by atoms with Crippen LogP contribution in [0.5, 0.6) is 0 Å². The number of hydrogen-bond donors (Lipinski definition) is 2. The Kier molecular flexibility index (Phi) is 4.78. The zero-order chi connectivity index (χ0) is 13.7. The molecule has 0 aliphatic carbocycles. The van der Waals surface area contributed by atoms with Crippen LogP contribution in [-0.2, 0) is 4.74 Å². The number of morpholine rings is 1. The summed E-state index contributed by atoms with van der Waals surface area (Å²) >= 11 is 5.04. The summed E-state index contributed by atoms with van der Waals surface area (Å²) in [6.07, 6.45) is 0. The van der Waals surface area contributed by atoms with E-state index in [1.165, 1.54) is 24.3 Å². The Labute approximate surface area is 115 Å². The molecule has 0 bridgehead atoms. The summed E-state index contributed by atoms with van der Waals surface area (Å²) in [5.74, 6) is -0.753. The van der Waals surface area contributed by atoms with Gasteiger partial charge >= 0.3 is 0 Å². The second-order valence-electron chi connectivity index (χ2n) is 4.00. The van der Waals surface area contributed by atoms with Crippen molar-refractivity contribution in [3.05, 3.63) is 35.6 Å². The molecule has 1 saturated heterocycles. The highest BCUT2D eigenvalue weighted by Crippen LogP contribution is 2.02. The summed E-state index contributed by atoms with van der Waals surface area (Å²) < 4.78 is 17.9. The number of carbonyl (C=O) groups is 1. The van der Waals surface area contributed by atoms with E-state index in [4.69, 9.17) is 17.0 Å². The fourth-order valence-electron chi connectivity index (χ4n) is 1.62. The van der Waals surface area contributed by atoms with E-state index in [1.54, 1.807) is 0 Å². The fraction of sp³-hybridized carbons (Fsp3) is 0.333. The molecule has 0 radical (unpaired) electrons. The lowest BCUT2D eigenvalue weighted by Crippen LogP contribution is -2.52. The molecule has 1 heterocycles. The van der Waals surface area contributed by atoms with E-state index in [0.29, 0.717) is 31.9 Å². The molecule has 0 saturated carbocycles. The molecule has 102 valence electrons. The Balaban J connectivity index is 1.84. The number of carbonyl (C=O) groups excluding carboxylic acids is 1.